The summed E-state index contributed by atoms with van der Waals surface area (Å²) in [5.41, 5.74) is 5.11. The Hall–Kier alpha value is -4.00. The molecule has 0 saturated carbocycles. The SMILES string of the molecule is CC.CNc1nnc(-c2ccc(C3CCN(C(C)(C)CN4CCC(SC)C4)CC3)cc2)o1.O=CNc1ccc2n[nH]c(C3C=CC(F)=CC3)c2c1. The molecule has 0 spiro atoms. The van der Waals surface area contributed by atoms with Crippen LogP contribution < -0.4 is 10.6 Å². The van der Waals surface area contributed by atoms with Crippen LogP contribution >= 0.6 is 11.8 Å². The predicted molar refractivity (Wildman–Crippen MR) is 208 cm³/mol. The van der Waals surface area contributed by atoms with Crippen LogP contribution in [0.5, 0.6) is 0 Å². The van der Waals surface area contributed by atoms with Crippen molar-refractivity contribution in [2.75, 3.05) is 56.7 Å². The summed E-state index contributed by atoms with van der Waals surface area (Å²) in [7, 11) is 1.78. The van der Waals surface area contributed by atoms with Gasteiger partial charge in [0.1, 0.15) is 5.83 Å². The number of carbonyl (C=O) groups is 1. The molecule has 1 aliphatic carbocycles. The van der Waals surface area contributed by atoms with Gasteiger partial charge in [-0.2, -0.15) is 16.9 Å². The van der Waals surface area contributed by atoms with Crippen molar-refractivity contribution in [2.24, 2.45) is 0 Å². The van der Waals surface area contributed by atoms with Gasteiger partial charge in [0.15, 0.2) is 0 Å². The van der Waals surface area contributed by atoms with E-state index in [1.54, 1.807) is 19.2 Å². The number of nitrogens with zero attached hydrogens (tertiary/aromatic N) is 5. The number of aromatic nitrogens is 4. The summed E-state index contributed by atoms with van der Waals surface area (Å²) in [6.45, 7) is 14.9. The Morgan fingerprint density at radius 3 is 2.47 bits per heavy atom. The van der Waals surface area contributed by atoms with Crippen LogP contribution in [-0.2, 0) is 4.79 Å². The van der Waals surface area contributed by atoms with Crippen molar-refractivity contribution in [2.45, 2.75) is 76.0 Å². The monoisotopic (exact) mass is 716 g/mol. The molecular formula is C39H53FN8O2S. The van der Waals surface area contributed by atoms with Gasteiger partial charge in [-0.3, -0.25) is 14.8 Å². The van der Waals surface area contributed by atoms with Crippen LogP contribution in [0, 0.1) is 0 Å². The van der Waals surface area contributed by atoms with Gasteiger partial charge in [0.05, 0.1) is 11.2 Å². The molecular weight excluding hydrogens is 664 g/mol. The van der Waals surface area contributed by atoms with E-state index in [9.17, 15) is 9.18 Å². The predicted octanol–water partition coefficient (Wildman–Crippen LogP) is 8.23. The lowest BCUT2D eigenvalue weighted by Gasteiger charge is -2.45. The quantitative estimate of drug-likeness (QED) is 0.140. The van der Waals surface area contributed by atoms with Crippen LogP contribution in [-0.4, -0.2) is 93.4 Å². The number of hydrogen-bond acceptors (Lipinski definition) is 9. The maximum Gasteiger partial charge on any atom is 0.315 e. The smallest absolute Gasteiger partial charge is 0.315 e. The van der Waals surface area contributed by atoms with Crippen LogP contribution in [0.1, 0.15) is 76.5 Å². The lowest BCUT2D eigenvalue weighted by atomic mass is 9.86. The number of hydrogen-bond donors (Lipinski definition) is 3. The van der Waals surface area contributed by atoms with E-state index in [4.69, 9.17) is 4.42 Å². The van der Waals surface area contributed by atoms with E-state index in [-0.39, 0.29) is 17.3 Å². The Bertz CT molecular complexity index is 1760. The Morgan fingerprint density at radius 1 is 1.08 bits per heavy atom. The van der Waals surface area contributed by atoms with Gasteiger partial charge in [-0.25, -0.2) is 4.39 Å². The second kappa shape index (κ2) is 18.0. The Balaban J connectivity index is 0.000000206. The third-order valence-electron chi connectivity index (χ3n) is 10.0. The lowest BCUT2D eigenvalue weighted by molar-refractivity contribution is -0.105. The molecule has 10 nitrogen and oxygen atoms in total. The zero-order valence-corrected chi connectivity index (χ0v) is 31.6. The minimum absolute atomic E-state index is 0.0796. The van der Waals surface area contributed by atoms with Crippen molar-refractivity contribution < 1.29 is 13.6 Å². The maximum atomic E-state index is 13.0. The summed E-state index contributed by atoms with van der Waals surface area (Å²) in [6, 6.07) is 14.6. The Morgan fingerprint density at radius 2 is 1.84 bits per heavy atom. The molecule has 4 heterocycles. The third kappa shape index (κ3) is 9.66. The first kappa shape index (κ1) is 38.2. The third-order valence-corrected chi connectivity index (χ3v) is 11.1. The molecule has 2 unspecified atom stereocenters. The van der Waals surface area contributed by atoms with Gasteiger partial charge in [0.2, 0.25) is 12.3 Å². The van der Waals surface area contributed by atoms with Crippen LogP contribution in [0.2, 0.25) is 0 Å². The molecule has 2 aliphatic heterocycles. The van der Waals surface area contributed by atoms with Gasteiger partial charge in [0, 0.05) is 53.5 Å². The summed E-state index contributed by atoms with van der Waals surface area (Å²) in [5.74, 6) is 1.07. The number of carbonyl (C=O) groups excluding carboxylic acids is 1. The Kier molecular flexibility index (Phi) is 13.5. The number of aromatic amines is 1. The van der Waals surface area contributed by atoms with Crippen molar-refractivity contribution in [3.05, 3.63) is 77.8 Å². The molecule has 1 amide bonds. The van der Waals surface area contributed by atoms with Crippen LogP contribution in [0.15, 0.2) is 70.9 Å². The van der Waals surface area contributed by atoms with E-state index in [1.165, 1.54) is 63.6 Å². The van der Waals surface area contributed by atoms with E-state index in [1.807, 2.05) is 43.8 Å². The van der Waals surface area contributed by atoms with E-state index in [0.717, 1.165) is 27.4 Å². The zero-order valence-electron chi connectivity index (χ0n) is 30.8. The summed E-state index contributed by atoms with van der Waals surface area (Å²) in [6.07, 6.45) is 12.1. The molecule has 3 aliphatic rings. The number of piperidine rings is 1. The van der Waals surface area contributed by atoms with Gasteiger partial charge >= 0.3 is 6.01 Å². The van der Waals surface area contributed by atoms with E-state index in [2.05, 4.69) is 85.2 Å². The first-order valence-electron chi connectivity index (χ1n) is 18.1. The molecule has 2 aromatic carbocycles. The highest BCUT2D eigenvalue weighted by atomic mass is 32.2. The van der Waals surface area contributed by atoms with E-state index < -0.39 is 0 Å². The normalized spacial score (nSPS) is 19.9. The number of nitrogens with one attached hydrogen (secondary N) is 3. The number of halogens is 1. The minimum atomic E-state index is -0.205. The van der Waals surface area contributed by atoms with Crippen molar-refractivity contribution in [3.8, 4) is 11.5 Å². The fourth-order valence-corrected chi connectivity index (χ4v) is 7.92. The number of benzene rings is 2. The molecule has 2 saturated heterocycles. The highest BCUT2D eigenvalue weighted by Gasteiger charge is 2.34. The molecule has 274 valence electrons. The van der Waals surface area contributed by atoms with Crippen molar-refractivity contribution in [1.29, 1.82) is 0 Å². The molecule has 0 bridgehead atoms. The molecule has 2 aromatic heterocycles. The van der Waals surface area contributed by atoms with E-state index in [0.29, 0.717) is 36.3 Å². The van der Waals surface area contributed by atoms with Crippen LogP contribution in [0.3, 0.4) is 0 Å². The highest BCUT2D eigenvalue weighted by molar-refractivity contribution is 7.99. The fourth-order valence-electron chi connectivity index (χ4n) is 7.22. The van der Waals surface area contributed by atoms with Gasteiger partial charge in [-0.15, -0.1) is 5.10 Å². The molecule has 2 fully saturated rings. The van der Waals surface area contributed by atoms with Gasteiger partial charge in [-0.05, 0) is 119 Å². The van der Waals surface area contributed by atoms with Gasteiger partial charge in [0.25, 0.3) is 0 Å². The van der Waals surface area contributed by atoms with Crippen molar-refractivity contribution in [3.63, 3.8) is 0 Å². The topological polar surface area (TPSA) is 115 Å². The summed E-state index contributed by atoms with van der Waals surface area (Å²) in [4.78, 5) is 15.9. The number of rotatable bonds is 10. The van der Waals surface area contributed by atoms with Gasteiger partial charge in [-0.1, -0.05) is 37.2 Å². The summed E-state index contributed by atoms with van der Waals surface area (Å²) >= 11 is 2.03. The van der Waals surface area contributed by atoms with Crippen LogP contribution in [0.4, 0.5) is 16.1 Å². The summed E-state index contributed by atoms with van der Waals surface area (Å²) < 4.78 is 18.6. The van der Waals surface area contributed by atoms with E-state index >= 15 is 0 Å². The number of allylic oxidation sites excluding steroid dienone is 4. The zero-order chi connectivity index (χ0) is 36.4. The van der Waals surface area contributed by atoms with Crippen LogP contribution in [0.25, 0.3) is 22.4 Å². The number of H-pyrrole nitrogens is 1. The fraction of sp³-hybridized carbons (Fsp3) is 0.487. The standard InChI is InChI=1S/C23H35N5OS.C14H12FN3O.C2H6/c1-23(2,16-27-12-11-20(15-27)30-4)28-13-9-18(10-14-28)17-5-7-19(8-6-17)21-25-26-22(24-3)29-21;15-10-3-1-9(2-4-10)14-12-7-11(16-8-19)5-6-13(12)17-18-14;1-2/h5-8,18,20H,9-16H2,1-4H3,(H,24,26);1,3-9H,2H2,(H,16,19)(H,17,18);1-2H3. The molecule has 51 heavy (non-hydrogen) atoms. The first-order valence-corrected chi connectivity index (χ1v) is 19.4. The van der Waals surface area contributed by atoms with Crippen molar-refractivity contribution in [1.82, 2.24) is 30.2 Å². The largest absolute Gasteiger partial charge is 0.403 e. The average Bonchev–Trinajstić information content (AvgIpc) is 3.94. The second-order valence-electron chi connectivity index (χ2n) is 13.7. The van der Waals surface area contributed by atoms with Crippen molar-refractivity contribution >= 4 is 40.8 Å². The first-order chi connectivity index (χ1) is 24.8. The Labute approximate surface area is 305 Å². The molecule has 2 atom stereocenters. The molecule has 12 heteroatoms. The maximum absolute atomic E-state index is 13.0. The highest BCUT2D eigenvalue weighted by Crippen LogP contribution is 2.34. The lowest BCUT2D eigenvalue weighted by Crippen LogP contribution is -2.53. The minimum Gasteiger partial charge on any atom is -0.403 e. The molecule has 4 aromatic rings. The second-order valence-corrected chi connectivity index (χ2v) is 14.8. The van der Waals surface area contributed by atoms with Gasteiger partial charge < -0.3 is 20.0 Å². The number of anilines is 2. The number of thioether (sulfide) groups is 1. The molecule has 3 N–H and O–H groups in total. The average molecular weight is 717 g/mol. The number of amides is 1. The summed E-state index contributed by atoms with van der Waals surface area (Å²) in [5, 5.41) is 22.5. The number of fused-ring (bicyclic) bond motifs is 1. The number of likely N-dealkylation sites (tertiary alicyclic amines) is 2. The molecule has 0 radical (unpaired) electrons. The molecule has 7 rings (SSSR count).